The van der Waals surface area contributed by atoms with Crippen LogP contribution in [0, 0.1) is 5.92 Å². The van der Waals surface area contributed by atoms with Crippen LogP contribution in [0.4, 0.5) is 0 Å². The zero-order valence-electron chi connectivity index (χ0n) is 15.2. The van der Waals surface area contributed by atoms with Gasteiger partial charge >= 0.3 is 0 Å². The highest BCUT2D eigenvalue weighted by atomic mass is 16.5. The molecular formula is C19H30N4O2. The van der Waals surface area contributed by atoms with Gasteiger partial charge < -0.3 is 15.0 Å². The quantitative estimate of drug-likeness (QED) is 0.673. The fourth-order valence-corrected chi connectivity index (χ4v) is 3.76. The van der Waals surface area contributed by atoms with Crippen LogP contribution in [0.25, 0.3) is 0 Å². The van der Waals surface area contributed by atoms with E-state index in [9.17, 15) is 4.79 Å². The molecule has 1 amide bonds. The molecule has 3 rings (SSSR count). The lowest BCUT2D eigenvalue weighted by Gasteiger charge is -2.35. The molecule has 2 heterocycles. The van der Waals surface area contributed by atoms with E-state index >= 15 is 0 Å². The Morgan fingerprint density at radius 1 is 1.24 bits per heavy atom. The average Bonchev–Trinajstić information content (AvgIpc) is 3.07. The zero-order valence-corrected chi connectivity index (χ0v) is 15.2. The van der Waals surface area contributed by atoms with Crippen molar-refractivity contribution in [3.8, 4) is 0 Å². The van der Waals surface area contributed by atoms with Crippen molar-refractivity contribution in [2.75, 3.05) is 32.7 Å². The summed E-state index contributed by atoms with van der Waals surface area (Å²) in [5.74, 6) is 0.692. The molecule has 0 radical (unpaired) electrons. The minimum absolute atomic E-state index is 0.128. The molecule has 2 aliphatic heterocycles. The molecule has 2 fully saturated rings. The van der Waals surface area contributed by atoms with Crippen LogP contribution in [0.15, 0.2) is 30.3 Å². The first-order valence-electron chi connectivity index (χ1n) is 9.30. The van der Waals surface area contributed by atoms with E-state index in [1.54, 1.807) is 0 Å². The summed E-state index contributed by atoms with van der Waals surface area (Å²) in [6, 6.07) is 10.8. The van der Waals surface area contributed by atoms with Gasteiger partial charge in [0.15, 0.2) is 0 Å². The Labute approximate surface area is 150 Å². The topological polar surface area (TPSA) is 65.6 Å². The van der Waals surface area contributed by atoms with E-state index in [1.807, 2.05) is 24.8 Å². The van der Waals surface area contributed by atoms with Crippen LogP contribution in [0.3, 0.4) is 0 Å². The Morgan fingerprint density at radius 2 is 1.96 bits per heavy atom. The summed E-state index contributed by atoms with van der Waals surface area (Å²) in [5.41, 5.74) is 7.91. The highest BCUT2D eigenvalue weighted by molar-refractivity contribution is 5.76. The Hall–Kier alpha value is -1.47. The summed E-state index contributed by atoms with van der Waals surface area (Å²) in [7, 11) is 0. The Bertz CT molecular complexity index is 544. The molecule has 6 nitrogen and oxygen atoms in total. The van der Waals surface area contributed by atoms with E-state index in [0.717, 1.165) is 19.6 Å². The molecule has 0 aromatic heterocycles. The van der Waals surface area contributed by atoms with E-state index in [1.165, 1.54) is 5.56 Å². The molecule has 6 heteroatoms. The monoisotopic (exact) mass is 346 g/mol. The summed E-state index contributed by atoms with van der Waals surface area (Å²) in [4.78, 5) is 14.3. The van der Waals surface area contributed by atoms with Gasteiger partial charge in [0, 0.05) is 45.1 Å². The van der Waals surface area contributed by atoms with Crippen LogP contribution in [-0.2, 0) is 9.53 Å². The van der Waals surface area contributed by atoms with Crippen LogP contribution in [-0.4, -0.2) is 55.7 Å². The highest BCUT2D eigenvalue weighted by Crippen LogP contribution is 2.23. The first kappa shape index (κ1) is 18.3. The number of morpholine rings is 1. The molecule has 1 aromatic rings. The molecule has 4 unspecified atom stereocenters. The molecule has 2 saturated heterocycles. The number of hydrogen-bond donors (Lipinski definition) is 3. The fourth-order valence-electron chi connectivity index (χ4n) is 3.76. The molecule has 0 spiro atoms. The molecule has 0 aliphatic carbocycles. The number of benzene rings is 1. The number of hydrogen-bond acceptors (Lipinski definition) is 5. The van der Waals surface area contributed by atoms with Crippen molar-refractivity contribution in [2.45, 2.75) is 38.5 Å². The van der Waals surface area contributed by atoms with Gasteiger partial charge in [-0.05, 0) is 19.4 Å². The lowest BCUT2D eigenvalue weighted by Crippen LogP contribution is -2.48. The third kappa shape index (κ3) is 5.01. The van der Waals surface area contributed by atoms with Crippen molar-refractivity contribution < 1.29 is 9.53 Å². The minimum atomic E-state index is 0.128. The minimum Gasteiger partial charge on any atom is -0.372 e. The van der Waals surface area contributed by atoms with Crippen molar-refractivity contribution in [3.05, 3.63) is 35.9 Å². The maximum Gasteiger partial charge on any atom is 0.224 e. The van der Waals surface area contributed by atoms with Gasteiger partial charge in [0.2, 0.25) is 5.91 Å². The average molecular weight is 346 g/mol. The van der Waals surface area contributed by atoms with Gasteiger partial charge in [-0.1, -0.05) is 30.3 Å². The normalized spacial score (nSPS) is 29.8. The standard InChI is InChI=1S/C19H30N4O2/c1-14-12-23(13-15(2)25-14)18(24)8-9-20-10-17-11-21-22-19(17)16-6-4-3-5-7-16/h3-7,14-15,17,19-22H,8-13H2,1-2H3. The van der Waals surface area contributed by atoms with E-state index in [4.69, 9.17) is 4.74 Å². The Kier molecular flexibility index (Phi) is 6.42. The Morgan fingerprint density at radius 3 is 2.68 bits per heavy atom. The number of carbonyl (C=O) groups excluding carboxylic acids is 1. The van der Waals surface area contributed by atoms with Crippen LogP contribution in [0.1, 0.15) is 31.9 Å². The SMILES string of the molecule is CC1CN(C(=O)CCNCC2CNNC2c2ccccc2)CC(C)O1. The van der Waals surface area contributed by atoms with E-state index < -0.39 is 0 Å². The van der Waals surface area contributed by atoms with Crippen molar-refractivity contribution in [1.82, 2.24) is 21.1 Å². The Balaban J connectivity index is 1.40. The van der Waals surface area contributed by atoms with E-state index in [2.05, 4.69) is 40.4 Å². The zero-order chi connectivity index (χ0) is 17.6. The van der Waals surface area contributed by atoms with Crippen molar-refractivity contribution in [2.24, 2.45) is 5.92 Å². The molecule has 1 aromatic carbocycles. The molecule has 0 bridgehead atoms. The molecule has 4 atom stereocenters. The maximum atomic E-state index is 12.4. The molecule has 0 saturated carbocycles. The smallest absolute Gasteiger partial charge is 0.224 e. The second-order valence-corrected chi connectivity index (χ2v) is 7.18. The van der Waals surface area contributed by atoms with E-state index in [-0.39, 0.29) is 18.1 Å². The number of ether oxygens (including phenoxy) is 1. The second-order valence-electron chi connectivity index (χ2n) is 7.18. The summed E-state index contributed by atoms with van der Waals surface area (Å²) in [5, 5.41) is 3.46. The van der Waals surface area contributed by atoms with Crippen LogP contribution in [0.2, 0.25) is 0 Å². The predicted molar refractivity (Wildman–Crippen MR) is 97.9 cm³/mol. The first-order chi connectivity index (χ1) is 12.1. The molecule has 3 N–H and O–H groups in total. The van der Waals surface area contributed by atoms with Crippen LogP contribution < -0.4 is 16.2 Å². The number of nitrogens with one attached hydrogen (secondary N) is 3. The lowest BCUT2D eigenvalue weighted by molar-refractivity contribution is -0.143. The van der Waals surface area contributed by atoms with Gasteiger partial charge in [0.25, 0.3) is 0 Å². The van der Waals surface area contributed by atoms with Gasteiger partial charge in [0.1, 0.15) is 0 Å². The third-order valence-corrected chi connectivity index (χ3v) is 4.95. The van der Waals surface area contributed by atoms with Crippen LogP contribution in [0.5, 0.6) is 0 Å². The van der Waals surface area contributed by atoms with Crippen molar-refractivity contribution in [1.29, 1.82) is 0 Å². The third-order valence-electron chi connectivity index (χ3n) is 4.95. The molecule has 2 aliphatic rings. The maximum absolute atomic E-state index is 12.4. The molecular weight excluding hydrogens is 316 g/mol. The molecule has 25 heavy (non-hydrogen) atoms. The highest BCUT2D eigenvalue weighted by Gasteiger charge is 2.28. The van der Waals surface area contributed by atoms with Crippen molar-refractivity contribution >= 4 is 5.91 Å². The van der Waals surface area contributed by atoms with Gasteiger partial charge in [-0.3, -0.25) is 10.2 Å². The fraction of sp³-hybridized carbons (Fsp3) is 0.632. The van der Waals surface area contributed by atoms with Gasteiger partial charge in [-0.2, -0.15) is 0 Å². The summed E-state index contributed by atoms with van der Waals surface area (Å²) in [6.45, 7) is 8.00. The van der Waals surface area contributed by atoms with Gasteiger partial charge in [0.05, 0.1) is 18.2 Å². The lowest BCUT2D eigenvalue weighted by atomic mass is 9.95. The molecule has 138 valence electrons. The van der Waals surface area contributed by atoms with Gasteiger partial charge in [-0.25, -0.2) is 5.43 Å². The summed E-state index contributed by atoms with van der Waals surface area (Å²) in [6.07, 6.45) is 0.800. The van der Waals surface area contributed by atoms with Gasteiger partial charge in [-0.15, -0.1) is 0 Å². The summed E-state index contributed by atoms with van der Waals surface area (Å²) >= 11 is 0. The number of amides is 1. The number of nitrogens with zero attached hydrogens (tertiary/aromatic N) is 1. The predicted octanol–water partition coefficient (Wildman–Crippen LogP) is 1.07. The second kappa shape index (κ2) is 8.76. The van der Waals surface area contributed by atoms with Crippen molar-refractivity contribution in [3.63, 3.8) is 0 Å². The number of rotatable bonds is 6. The number of carbonyl (C=O) groups is 1. The first-order valence-corrected chi connectivity index (χ1v) is 9.30. The summed E-state index contributed by atoms with van der Waals surface area (Å²) < 4.78 is 5.69. The van der Waals surface area contributed by atoms with E-state index in [0.29, 0.717) is 31.5 Å². The largest absolute Gasteiger partial charge is 0.372 e. The number of hydrazine groups is 1. The van der Waals surface area contributed by atoms with Crippen LogP contribution >= 0.6 is 0 Å².